The molecule has 19 heavy (non-hydrogen) atoms. The van der Waals surface area contributed by atoms with Crippen molar-refractivity contribution in [3.05, 3.63) is 23.2 Å². The molecule has 1 fully saturated rings. The quantitative estimate of drug-likeness (QED) is 0.862. The number of nitrogens with two attached hydrogens (primary N) is 1. The first kappa shape index (κ1) is 12.9. The summed E-state index contributed by atoms with van der Waals surface area (Å²) in [6, 6.07) is 5.79. The molecular formula is C13H15N3OS2. The minimum atomic E-state index is 0.00656. The number of aromatic nitrogens is 1. The molecule has 0 spiro atoms. The van der Waals surface area contributed by atoms with E-state index in [1.54, 1.807) is 30.0 Å². The van der Waals surface area contributed by atoms with Crippen LogP contribution in [0.2, 0.25) is 0 Å². The van der Waals surface area contributed by atoms with Crippen molar-refractivity contribution in [2.24, 2.45) is 0 Å². The van der Waals surface area contributed by atoms with Gasteiger partial charge in [0.25, 0.3) is 0 Å². The molecule has 100 valence electrons. The summed E-state index contributed by atoms with van der Waals surface area (Å²) in [4.78, 5) is 18.3. The zero-order valence-electron chi connectivity index (χ0n) is 10.8. The summed E-state index contributed by atoms with van der Waals surface area (Å²) in [7, 11) is 2.00. The van der Waals surface area contributed by atoms with E-state index >= 15 is 0 Å². The average Bonchev–Trinajstić information content (AvgIpc) is 2.91. The lowest BCUT2D eigenvalue weighted by Gasteiger charge is -2.20. The van der Waals surface area contributed by atoms with E-state index in [1.807, 2.05) is 25.2 Å². The number of benzene rings is 1. The number of carbonyl (C=O) groups is 1. The number of thiazole rings is 1. The van der Waals surface area contributed by atoms with E-state index in [4.69, 9.17) is 5.73 Å². The zero-order valence-corrected chi connectivity index (χ0v) is 12.4. The van der Waals surface area contributed by atoms with Crippen LogP contribution in [-0.4, -0.2) is 34.5 Å². The van der Waals surface area contributed by atoms with Crippen LogP contribution in [0.4, 0.5) is 5.69 Å². The van der Waals surface area contributed by atoms with Gasteiger partial charge in [0.2, 0.25) is 0 Å². The highest BCUT2D eigenvalue weighted by molar-refractivity contribution is 7.99. The van der Waals surface area contributed by atoms with E-state index < -0.39 is 0 Å². The van der Waals surface area contributed by atoms with Crippen LogP contribution in [0.15, 0.2) is 18.2 Å². The molecule has 2 aromatic rings. The van der Waals surface area contributed by atoms with Crippen molar-refractivity contribution in [1.29, 1.82) is 0 Å². The molecule has 1 saturated heterocycles. The maximum atomic E-state index is 11.6. The Labute approximate surface area is 120 Å². The van der Waals surface area contributed by atoms with Gasteiger partial charge in [-0.2, -0.15) is 0 Å². The van der Waals surface area contributed by atoms with Crippen LogP contribution in [0.1, 0.15) is 17.3 Å². The number of ketones is 1. The summed E-state index contributed by atoms with van der Waals surface area (Å²) in [6.07, 6.45) is 0. The fourth-order valence-corrected chi connectivity index (χ4v) is 5.11. The van der Waals surface area contributed by atoms with Crippen molar-refractivity contribution in [1.82, 2.24) is 9.88 Å². The van der Waals surface area contributed by atoms with Gasteiger partial charge in [-0.15, -0.1) is 23.1 Å². The van der Waals surface area contributed by atoms with Crippen molar-refractivity contribution < 1.29 is 4.79 Å². The molecule has 2 unspecified atom stereocenters. The number of nitrogen functional groups attached to an aromatic ring is 1. The van der Waals surface area contributed by atoms with Crippen molar-refractivity contribution in [3.63, 3.8) is 0 Å². The molecule has 6 heteroatoms. The second kappa shape index (κ2) is 4.77. The maximum absolute atomic E-state index is 11.6. The minimum absolute atomic E-state index is 0.00656. The van der Waals surface area contributed by atoms with E-state index in [-0.39, 0.29) is 17.2 Å². The predicted octanol–water partition coefficient (Wildman–Crippen LogP) is 2.51. The summed E-state index contributed by atoms with van der Waals surface area (Å²) in [6.45, 7) is 1.66. The van der Waals surface area contributed by atoms with Gasteiger partial charge in [0.15, 0.2) is 0 Å². The van der Waals surface area contributed by atoms with E-state index in [1.165, 1.54) is 0 Å². The number of fused-ring (bicyclic) bond motifs is 1. The van der Waals surface area contributed by atoms with Crippen molar-refractivity contribution >= 4 is 44.8 Å². The Morgan fingerprint density at radius 3 is 3.00 bits per heavy atom. The molecule has 3 rings (SSSR count). The Bertz CT molecular complexity index is 640. The molecule has 0 radical (unpaired) electrons. The lowest BCUT2D eigenvalue weighted by Crippen LogP contribution is -2.34. The largest absolute Gasteiger partial charge is 0.399 e. The third-order valence-corrected chi connectivity index (χ3v) is 5.98. The van der Waals surface area contributed by atoms with Gasteiger partial charge in [0.1, 0.15) is 16.2 Å². The van der Waals surface area contributed by atoms with Gasteiger partial charge in [-0.3, -0.25) is 9.69 Å². The molecule has 2 heterocycles. The monoisotopic (exact) mass is 293 g/mol. The molecule has 0 saturated carbocycles. The first-order valence-corrected chi connectivity index (χ1v) is 7.93. The minimum Gasteiger partial charge on any atom is -0.399 e. The van der Waals surface area contributed by atoms with Crippen LogP contribution in [0.25, 0.3) is 10.2 Å². The predicted molar refractivity (Wildman–Crippen MR) is 81.5 cm³/mol. The molecule has 1 aliphatic heterocycles. The summed E-state index contributed by atoms with van der Waals surface area (Å²) >= 11 is 3.44. The number of hydrogen-bond donors (Lipinski definition) is 1. The summed E-state index contributed by atoms with van der Waals surface area (Å²) < 4.78 is 1.11. The van der Waals surface area contributed by atoms with Gasteiger partial charge in [-0.1, -0.05) is 0 Å². The summed E-state index contributed by atoms with van der Waals surface area (Å²) in [5.74, 6) is 1.07. The van der Waals surface area contributed by atoms with Gasteiger partial charge in [-0.05, 0) is 32.2 Å². The lowest BCUT2D eigenvalue weighted by atomic mass is 10.2. The third kappa shape index (κ3) is 2.24. The molecular weight excluding hydrogens is 278 g/mol. The van der Waals surface area contributed by atoms with Crippen molar-refractivity contribution in [3.8, 4) is 0 Å². The number of hydrogen-bond acceptors (Lipinski definition) is 6. The fourth-order valence-electron chi connectivity index (χ4n) is 2.30. The summed E-state index contributed by atoms with van der Waals surface area (Å²) in [5.41, 5.74) is 7.54. The van der Waals surface area contributed by atoms with Crippen LogP contribution in [0.3, 0.4) is 0 Å². The first-order valence-electron chi connectivity index (χ1n) is 6.06. The smallest absolute Gasteiger partial charge is 0.147 e. The number of anilines is 1. The highest BCUT2D eigenvalue weighted by Crippen LogP contribution is 2.43. The Balaban J connectivity index is 1.94. The fraction of sp³-hybridized carbons (Fsp3) is 0.385. The molecule has 1 aromatic carbocycles. The zero-order chi connectivity index (χ0) is 13.6. The van der Waals surface area contributed by atoms with E-state index in [0.717, 1.165) is 26.7 Å². The van der Waals surface area contributed by atoms with Crippen LogP contribution in [0, 0.1) is 0 Å². The van der Waals surface area contributed by atoms with Crippen LogP contribution in [0.5, 0.6) is 0 Å². The van der Waals surface area contributed by atoms with Gasteiger partial charge in [-0.25, -0.2) is 4.98 Å². The molecule has 1 aliphatic rings. The molecule has 2 atom stereocenters. The van der Waals surface area contributed by atoms with E-state index in [2.05, 4.69) is 9.88 Å². The van der Waals surface area contributed by atoms with Crippen molar-refractivity contribution in [2.45, 2.75) is 18.3 Å². The third-order valence-electron chi connectivity index (χ3n) is 3.38. The Morgan fingerprint density at radius 2 is 2.32 bits per heavy atom. The number of Topliss-reactive ketones (excluding diaryl/α,β-unsaturated/α-hetero) is 1. The first-order chi connectivity index (χ1) is 9.06. The number of thioether (sulfide) groups is 1. The van der Waals surface area contributed by atoms with E-state index in [0.29, 0.717) is 0 Å². The van der Waals surface area contributed by atoms with Gasteiger partial charge < -0.3 is 5.73 Å². The summed E-state index contributed by atoms with van der Waals surface area (Å²) in [5, 5.41) is 1.23. The highest BCUT2D eigenvalue weighted by Gasteiger charge is 2.36. The molecule has 2 N–H and O–H groups in total. The van der Waals surface area contributed by atoms with Gasteiger partial charge in [0.05, 0.1) is 16.3 Å². The standard InChI is InChI=1S/C13H15N3OS2/c1-7(17)10-6-18-13(16(10)2)12-15-9-4-3-8(14)5-11(9)19-12/h3-5,10,13H,6,14H2,1-2H3. The Kier molecular flexibility index (Phi) is 3.24. The average molecular weight is 293 g/mol. The number of nitrogens with zero attached hydrogens (tertiary/aromatic N) is 2. The van der Waals surface area contributed by atoms with Crippen LogP contribution < -0.4 is 5.73 Å². The topological polar surface area (TPSA) is 59.2 Å². The normalized spacial score (nSPS) is 24.1. The van der Waals surface area contributed by atoms with Crippen LogP contribution >= 0.6 is 23.1 Å². The highest BCUT2D eigenvalue weighted by atomic mass is 32.2. The van der Waals surface area contributed by atoms with Crippen molar-refractivity contribution in [2.75, 3.05) is 18.5 Å². The van der Waals surface area contributed by atoms with Crippen LogP contribution in [-0.2, 0) is 4.79 Å². The van der Waals surface area contributed by atoms with Gasteiger partial charge in [0, 0.05) is 11.4 Å². The number of likely N-dealkylation sites (N-methyl/N-ethyl adjacent to an activating group) is 1. The molecule has 4 nitrogen and oxygen atoms in total. The van der Waals surface area contributed by atoms with E-state index in [9.17, 15) is 4.79 Å². The maximum Gasteiger partial charge on any atom is 0.147 e. The number of rotatable bonds is 2. The Hall–Kier alpha value is -1.11. The van der Waals surface area contributed by atoms with Gasteiger partial charge >= 0.3 is 0 Å². The molecule has 1 aromatic heterocycles. The Morgan fingerprint density at radius 1 is 1.53 bits per heavy atom. The molecule has 0 amide bonds. The number of carbonyl (C=O) groups excluding carboxylic acids is 1. The molecule has 0 aliphatic carbocycles. The SMILES string of the molecule is CC(=O)C1CSC(c2nc3ccc(N)cc3s2)N1C. The lowest BCUT2D eigenvalue weighted by molar-refractivity contribution is -0.120. The second-order valence-corrected chi connectivity index (χ2v) is 6.93. The second-order valence-electron chi connectivity index (χ2n) is 4.76. The molecule has 0 bridgehead atoms.